The molecule has 4 aliphatic rings. The lowest BCUT2D eigenvalue weighted by atomic mass is 9.70. The summed E-state index contributed by atoms with van der Waals surface area (Å²) >= 11 is 0. The molecule has 0 bridgehead atoms. The summed E-state index contributed by atoms with van der Waals surface area (Å²) in [5.74, 6) is -2.53. The smallest absolute Gasteiger partial charge is 0.407 e. The minimum absolute atomic E-state index is 0.0580. The van der Waals surface area contributed by atoms with Gasteiger partial charge < -0.3 is 36.6 Å². The van der Waals surface area contributed by atoms with Gasteiger partial charge in [0.15, 0.2) is 0 Å². The Morgan fingerprint density at radius 1 is 0.938 bits per heavy atom. The number of piperidine rings is 1. The fourth-order valence-electron chi connectivity index (χ4n) is 8.08. The van der Waals surface area contributed by atoms with Crippen molar-refractivity contribution in [1.29, 1.82) is 0 Å². The van der Waals surface area contributed by atoms with E-state index in [2.05, 4.69) is 35.1 Å². The molecule has 13 heteroatoms. The molecule has 3 saturated carbocycles. The number of hydrogen-bond acceptors (Lipinski definition) is 7. The summed E-state index contributed by atoms with van der Waals surface area (Å²) in [7, 11) is 0. The third-order valence-electron chi connectivity index (χ3n) is 11.7. The largest absolute Gasteiger partial charge is 0.447 e. The second-order valence-corrected chi connectivity index (χ2v) is 16.5. The zero-order valence-electron chi connectivity index (χ0n) is 29.9. The van der Waals surface area contributed by atoms with E-state index in [0.29, 0.717) is 19.5 Å². The SMILES string of the molecule is CCNC(=O)OC[C@@H](NC(=O)N[C@H](C(=O)N1C[C@H]2[C@@H](C1C(=O)NC(CC1CCC1)C(=O)C(N)=O)C2(C)C)C1(C)CCCCC1)C(C)(C)C. The number of nitrogens with one attached hydrogen (secondary N) is 4. The summed E-state index contributed by atoms with van der Waals surface area (Å²) in [6.07, 6.45) is 6.96. The zero-order chi connectivity index (χ0) is 35.6. The third-order valence-corrected chi connectivity index (χ3v) is 11.7. The van der Waals surface area contributed by atoms with Crippen LogP contribution in [-0.2, 0) is 23.9 Å². The van der Waals surface area contributed by atoms with E-state index in [9.17, 15) is 28.8 Å². The van der Waals surface area contributed by atoms with Crippen molar-refractivity contribution in [3.8, 4) is 0 Å². The lowest BCUT2D eigenvalue weighted by molar-refractivity contribution is -0.146. The van der Waals surface area contributed by atoms with Crippen molar-refractivity contribution in [3.63, 3.8) is 0 Å². The number of nitrogens with zero attached hydrogens (tertiary/aromatic N) is 1. The maximum Gasteiger partial charge on any atom is 0.407 e. The molecule has 4 rings (SSSR count). The van der Waals surface area contributed by atoms with Gasteiger partial charge in [0.1, 0.15) is 18.7 Å². The molecular formula is C35H58N6O7. The number of ether oxygens (including phenoxy) is 1. The van der Waals surface area contributed by atoms with Crippen LogP contribution >= 0.6 is 0 Å². The number of fused-ring (bicyclic) bond motifs is 1. The third kappa shape index (κ3) is 8.25. The van der Waals surface area contributed by atoms with E-state index in [4.69, 9.17) is 10.5 Å². The number of nitrogens with two attached hydrogens (primary N) is 1. The summed E-state index contributed by atoms with van der Waals surface area (Å²) in [6, 6.07) is -3.92. The van der Waals surface area contributed by atoms with Crippen molar-refractivity contribution >= 4 is 35.6 Å². The van der Waals surface area contributed by atoms with Crippen molar-refractivity contribution < 1.29 is 33.5 Å². The Balaban J connectivity index is 1.57. The van der Waals surface area contributed by atoms with Gasteiger partial charge in [-0.15, -0.1) is 0 Å². The fourth-order valence-corrected chi connectivity index (χ4v) is 8.08. The van der Waals surface area contributed by atoms with Gasteiger partial charge >= 0.3 is 12.1 Å². The number of carbonyl (C=O) groups excluding carboxylic acids is 6. The van der Waals surface area contributed by atoms with Gasteiger partial charge in [0.2, 0.25) is 17.6 Å². The molecule has 1 saturated heterocycles. The van der Waals surface area contributed by atoms with E-state index in [1.165, 1.54) is 0 Å². The number of rotatable bonds is 13. The highest BCUT2D eigenvalue weighted by atomic mass is 16.5. The van der Waals surface area contributed by atoms with Gasteiger partial charge in [-0.2, -0.15) is 0 Å². The summed E-state index contributed by atoms with van der Waals surface area (Å²) in [5.41, 5.74) is 4.16. The van der Waals surface area contributed by atoms with E-state index in [1.54, 1.807) is 11.8 Å². The molecule has 3 aliphatic carbocycles. The van der Waals surface area contributed by atoms with Crippen LogP contribution in [0.1, 0.15) is 106 Å². The molecule has 2 unspecified atom stereocenters. The van der Waals surface area contributed by atoms with Crippen LogP contribution in [0.15, 0.2) is 0 Å². The average molecular weight is 675 g/mol. The zero-order valence-corrected chi connectivity index (χ0v) is 29.9. The summed E-state index contributed by atoms with van der Waals surface area (Å²) in [6.45, 7) is 14.4. The van der Waals surface area contributed by atoms with Crippen molar-refractivity contribution in [2.75, 3.05) is 19.7 Å². The molecule has 13 nitrogen and oxygen atoms in total. The van der Waals surface area contributed by atoms with Crippen molar-refractivity contribution in [2.45, 2.75) is 130 Å². The number of ketones is 1. The molecule has 6 amide bonds. The van der Waals surface area contributed by atoms with Crippen LogP contribution in [0.3, 0.4) is 0 Å². The number of alkyl carbamates (subject to hydrolysis) is 1. The van der Waals surface area contributed by atoms with Crippen LogP contribution in [0, 0.1) is 34.0 Å². The van der Waals surface area contributed by atoms with Gasteiger partial charge in [0.25, 0.3) is 5.91 Å². The quantitative estimate of drug-likeness (QED) is 0.186. The van der Waals surface area contributed by atoms with Crippen LogP contribution in [0.5, 0.6) is 0 Å². The van der Waals surface area contributed by atoms with Crippen LogP contribution < -0.4 is 27.0 Å². The maximum absolute atomic E-state index is 14.7. The second-order valence-electron chi connectivity index (χ2n) is 16.5. The fraction of sp³-hybridized carbons (Fsp3) is 0.829. The van der Waals surface area contributed by atoms with E-state index >= 15 is 0 Å². The van der Waals surface area contributed by atoms with Gasteiger partial charge in [-0.25, -0.2) is 9.59 Å². The molecule has 270 valence electrons. The van der Waals surface area contributed by atoms with Crippen LogP contribution in [-0.4, -0.2) is 84.4 Å². The average Bonchev–Trinajstić information content (AvgIpc) is 3.30. The Hall–Kier alpha value is -3.38. The molecule has 0 radical (unpaired) electrons. The van der Waals surface area contributed by atoms with E-state index in [1.807, 2.05) is 27.7 Å². The minimum Gasteiger partial charge on any atom is -0.447 e. The van der Waals surface area contributed by atoms with Crippen LogP contribution in [0.2, 0.25) is 0 Å². The Kier molecular flexibility index (Phi) is 11.4. The van der Waals surface area contributed by atoms with Crippen molar-refractivity contribution in [2.24, 2.45) is 39.7 Å². The first-order valence-corrected chi connectivity index (χ1v) is 17.8. The summed E-state index contributed by atoms with van der Waals surface area (Å²) in [4.78, 5) is 80.8. The molecule has 4 fully saturated rings. The predicted molar refractivity (Wildman–Crippen MR) is 179 cm³/mol. The highest BCUT2D eigenvalue weighted by Crippen LogP contribution is 2.65. The van der Waals surface area contributed by atoms with Gasteiger partial charge in [-0.05, 0) is 60.2 Å². The molecular weight excluding hydrogens is 616 g/mol. The molecule has 48 heavy (non-hydrogen) atoms. The van der Waals surface area contributed by atoms with Crippen LogP contribution in [0.4, 0.5) is 9.59 Å². The molecule has 6 N–H and O–H groups in total. The van der Waals surface area contributed by atoms with Gasteiger partial charge in [-0.3, -0.25) is 19.2 Å². The molecule has 1 heterocycles. The van der Waals surface area contributed by atoms with Gasteiger partial charge in [-0.1, -0.05) is 80.1 Å². The van der Waals surface area contributed by atoms with Crippen molar-refractivity contribution in [3.05, 3.63) is 0 Å². The first-order chi connectivity index (χ1) is 22.4. The number of hydrogen-bond donors (Lipinski definition) is 5. The topological polar surface area (TPSA) is 189 Å². The monoisotopic (exact) mass is 674 g/mol. The normalized spacial score (nSPS) is 26.1. The predicted octanol–water partition coefficient (Wildman–Crippen LogP) is 3.00. The van der Waals surface area contributed by atoms with E-state index < -0.39 is 64.7 Å². The maximum atomic E-state index is 14.7. The Morgan fingerprint density at radius 2 is 1.58 bits per heavy atom. The van der Waals surface area contributed by atoms with Crippen molar-refractivity contribution in [1.82, 2.24) is 26.2 Å². The first kappa shape index (κ1) is 37.4. The molecule has 0 aromatic rings. The summed E-state index contributed by atoms with van der Waals surface area (Å²) < 4.78 is 5.35. The first-order valence-electron chi connectivity index (χ1n) is 17.8. The van der Waals surface area contributed by atoms with E-state index in [0.717, 1.165) is 51.4 Å². The molecule has 6 atom stereocenters. The van der Waals surface area contributed by atoms with Crippen LogP contribution in [0.25, 0.3) is 0 Å². The van der Waals surface area contributed by atoms with Gasteiger partial charge in [0, 0.05) is 13.1 Å². The molecule has 0 aromatic heterocycles. The van der Waals surface area contributed by atoms with Gasteiger partial charge in [0.05, 0.1) is 12.1 Å². The highest BCUT2D eigenvalue weighted by molar-refractivity contribution is 6.37. The molecule has 0 spiro atoms. The number of amides is 6. The second kappa shape index (κ2) is 14.6. The highest BCUT2D eigenvalue weighted by Gasteiger charge is 2.70. The number of carbonyl (C=O) groups is 6. The minimum atomic E-state index is -1.09. The number of urea groups is 1. The standard InChI is InChI=1S/C35H58N6O7/c1-8-37-32(47)48-19-23(33(2,3)4)39-31(46)40-27(35(7)15-10-9-11-16-35)30(45)41-18-21-24(34(21,5)6)25(41)29(44)38-22(26(42)28(36)43)17-20-13-12-14-20/h20-25,27H,8-19H2,1-7H3,(H2,36,43)(H,37,47)(H,38,44)(H2,39,40,46)/t21-,22?,23+,24-,25?,27+/m0/s1. The lowest BCUT2D eigenvalue weighted by Gasteiger charge is -2.43. The number of primary amides is 1. The number of Topliss-reactive ketones (excluding diaryl/α,β-unsaturated/α-hetero) is 1. The Bertz CT molecular complexity index is 1250. The molecule has 0 aromatic carbocycles. The lowest BCUT2D eigenvalue weighted by Crippen LogP contribution is -2.63. The molecule has 1 aliphatic heterocycles. The Morgan fingerprint density at radius 3 is 2.12 bits per heavy atom. The summed E-state index contributed by atoms with van der Waals surface area (Å²) in [5, 5.41) is 11.4. The Labute approximate surface area is 285 Å². The number of likely N-dealkylation sites (tertiary alicyclic amines) is 1. The van der Waals surface area contributed by atoms with E-state index in [-0.39, 0.29) is 35.7 Å².